The molecule has 2 unspecified atom stereocenters. The van der Waals surface area contributed by atoms with Crippen molar-refractivity contribution < 1.29 is 0 Å². The van der Waals surface area contributed by atoms with Gasteiger partial charge in [0.15, 0.2) is 0 Å². The molecule has 2 N–H and O–H groups in total. The van der Waals surface area contributed by atoms with Crippen molar-refractivity contribution in [1.82, 2.24) is 19.5 Å². The van der Waals surface area contributed by atoms with Crippen LogP contribution in [-0.4, -0.2) is 39.1 Å². The van der Waals surface area contributed by atoms with E-state index in [4.69, 9.17) is 5.73 Å². The molecule has 0 amide bonds. The number of likely N-dealkylation sites (tertiary alicyclic amines) is 1. The molecular formula is C13H19N5OS. The average Bonchev–Trinajstić information content (AvgIpc) is 2.90. The predicted octanol–water partition coefficient (Wildman–Crippen LogP) is 0.568. The predicted molar refractivity (Wildman–Crippen MR) is 78.7 cm³/mol. The first-order chi connectivity index (χ1) is 9.67. The lowest BCUT2D eigenvalue weighted by molar-refractivity contribution is 0.125. The lowest BCUT2D eigenvalue weighted by Gasteiger charge is -2.36. The highest BCUT2D eigenvalue weighted by atomic mass is 32.1. The van der Waals surface area contributed by atoms with Crippen LogP contribution in [0.15, 0.2) is 16.4 Å². The van der Waals surface area contributed by atoms with Gasteiger partial charge in [-0.05, 0) is 31.3 Å². The molecule has 7 heteroatoms. The Labute approximate surface area is 121 Å². The van der Waals surface area contributed by atoms with Crippen LogP contribution in [-0.2, 0) is 6.54 Å². The van der Waals surface area contributed by atoms with Crippen LogP contribution in [0, 0.1) is 11.8 Å². The zero-order chi connectivity index (χ0) is 14.1. The minimum absolute atomic E-state index is 0.105. The zero-order valence-corrected chi connectivity index (χ0v) is 12.3. The number of aromatic nitrogens is 3. The van der Waals surface area contributed by atoms with Crippen LogP contribution in [0.4, 0.5) is 0 Å². The maximum Gasteiger partial charge on any atom is 0.275 e. The fourth-order valence-corrected chi connectivity index (χ4v) is 3.43. The first-order valence-electron chi connectivity index (χ1n) is 6.92. The van der Waals surface area contributed by atoms with Crippen LogP contribution >= 0.6 is 11.3 Å². The van der Waals surface area contributed by atoms with E-state index in [2.05, 4.69) is 21.9 Å². The third-order valence-corrected chi connectivity index (χ3v) is 4.80. The SMILES string of the molecule is CC1CCN(Cc2cc(=O)n3ncsc3n2)CC1CN. The number of rotatable bonds is 3. The van der Waals surface area contributed by atoms with Gasteiger partial charge < -0.3 is 5.73 Å². The summed E-state index contributed by atoms with van der Waals surface area (Å²) in [5.41, 5.74) is 8.19. The van der Waals surface area contributed by atoms with Gasteiger partial charge in [-0.25, -0.2) is 4.98 Å². The van der Waals surface area contributed by atoms with E-state index in [-0.39, 0.29) is 5.56 Å². The third-order valence-electron chi connectivity index (χ3n) is 4.13. The summed E-state index contributed by atoms with van der Waals surface area (Å²) in [5.74, 6) is 1.22. The highest BCUT2D eigenvalue weighted by molar-refractivity contribution is 7.14. The van der Waals surface area contributed by atoms with Crippen LogP contribution in [0.25, 0.3) is 4.96 Å². The van der Waals surface area contributed by atoms with E-state index in [0.717, 1.165) is 31.7 Å². The van der Waals surface area contributed by atoms with Crippen molar-refractivity contribution in [1.29, 1.82) is 0 Å². The van der Waals surface area contributed by atoms with Crippen molar-refractivity contribution in [2.24, 2.45) is 17.6 Å². The molecule has 2 aromatic rings. The molecule has 1 saturated heterocycles. The van der Waals surface area contributed by atoms with Gasteiger partial charge in [-0.1, -0.05) is 18.3 Å². The molecule has 1 aliphatic heterocycles. The Bertz CT molecular complexity index is 651. The molecule has 0 spiro atoms. The van der Waals surface area contributed by atoms with E-state index in [9.17, 15) is 4.79 Å². The van der Waals surface area contributed by atoms with Gasteiger partial charge in [0, 0.05) is 19.2 Å². The van der Waals surface area contributed by atoms with Crippen LogP contribution in [0.3, 0.4) is 0 Å². The average molecular weight is 293 g/mol. The smallest absolute Gasteiger partial charge is 0.275 e. The highest BCUT2D eigenvalue weighted by Gasteiger charge is 2.25. The van der Waals surface area contributed by atoms with Gasteiger partial charge in [-0.3, -0.25) is 9.69 Å². The molecular weight excluding hydrogens is 274 g/mol. The number of hydrogen-bond acceptors (Lipinski definition) is 6. The Morgan fingerprint density at radius 1 is 1.55 bits per heavy atom. The van der Waals surface area contributed by atoms with Gasteiger partial charge in [0.2, 0.25) is 4.96 Å². The van der Waals surface area contributed by atoms with E-state index < -0.39 is 0 Å². The Morgan fingerprint density at radius 2 is 2.40 bits per heavy atom. The summed E-state index contributed by atoms with van der Waals surface area (Å²) >= 11 is 1.39. The number of hydrogen-bond donors (Lipinski definition) is 1. The van der Waals surface area contributed by atoms with Crippen molar-refractivity contribution in [3.8, 4) is 0 Å². The summed E-state index contributed by atoms with van der Waals surface area (Å²) in [6, 6.07) is 1.59. The minimum Gasteiger partial charge on any atom is -0.330 e. The lowest BCUT2D eigenvalue weighted by Crippen LogP contribution is -2.42. The number of fused-ring (bicyclic) bond motifs is 1. The fourth-order valence-electron chi connectivity index (χ4n) is 2.79. The van der Waals surface area contributed by atoms with Crippen molar-refractivity contribution in [3.05, 3.63) is 27.6 Å². The van der Waals surface area contributed by atoms with E-state index in [0.29, 0.717) is 23.3 Å². The van der Waals surface area contributed by atoms with Crippen molar-refractivity contribution in [2.75, 3.05) is 19.6 Å². The largest absolute Gasteiger partial charge is 0.330 e. The lowest BCUT2D eigenvalue weighted by atomic mass is 9.87. The number of nitrogens with two attached hydrogens (primary N) is 1. The molecule has 2 atom stereocenters. The second kappa shape index (κ2) is 5.59. The van der Waals surface area contributed by atoms with Crippen LogP contribution in [0.1, 0.15) is 19.0 Å². The maximum absolute atomic E-state index is 11.9. The quantitative estimate of drug-likeness (QED) is 0.895. The Balaban J connectivity index is 1.77. The van der Waals surface area contributed by atoms with E-state index in [1.807, 2.05) is 0 Å². The van der Waals surface area contributed by atoms with Gasteiger partial charge >= 0.3 is 0 Å². The molecule has 108 valence electrons. The van der Waals surface area contributed by atoms with Crippen molar-refractivity contribution in [3.63, 3.8) is 0 Å². The first-order valence-corrected chi connectivity index (χ1v) is 7.80. The topological polar surface area (TPSA) is 76.5 Å². The molecule has 3 heterocycles. The standard InChI is InChI=1S/C13H19N5OS/c1-9-2-3-17(6-10(9)5-14)7-11-4-12(19)18-13(16-11)20-8-15-18/h4,8-10H,2-3,5-7,14H2,1H3. The van der Waals surface area contributed by atoms with Crippen LogP contribution < -0.4 is 11.3 Å². The molecule has 6 nitrogen and oxygen atoms in total. The van der Waals surface area contributed by atoms with Crippen molar-refractivity contribution >= 4 is 16.3 Å². The monoisotopic (exact) mass is 293 g/mol. The molecule has 0 radical (unpaired) electrons. The Kier molecular flexibility index (Phi) is 3.82. The summed E-state index contributed by atoms with van der Waals surface area (Å²) in [6.45, 7) is 5.74. The van der Waals surface area contributed by atoms with E-state index in [1.54, 1.807) is 11.6 Å². The zero-order valence-electron chi connectivity index (χ0n) is 11.5. The van der Waals surface area contributed by atoms with Crippen molar-refractivity contribution in [2.45, 2.75) is 19.9 Å². The summed E-state index contributed by atoms with van der Waals surface area (Å²) < 4.78 is 1.34. The van der Waals surface area contributed by atoms with Crippen LogP contribution in [0.5, 0.6) is 0 Å². The molecule has 0 saturated carbocycles. The minimum atomic E-state index is -0.105. The molecule has 1 fully saturated rings. The second-order valence-electron chi connectivity index (χ2n) is 5.52. The second-order valence-corrected chi connectivity index (χ2v) is 6.33. The molecule has 2 aromatic heterocycles. The van der Waals surface area contributed by atoms with Gasteiger partial charge in [0.25, 0.3) is 5.56 Å². The normalized spacial score (nSPS) is 24.3. The summed E-state index contributed by atoms with van der Waals surface area (Å²) in [7, 11) is 0. The first kappa shape index (κ1) is 13.7. The molecule has 0 aromatic carbocycles. The Hall–Kier alpha value is -1.31. The van der Waals surface area contributed by atoms with Gasteiger partial charge in [0.1, 0.15) is 5.51 Å². The highest BCUT2D eigenvalue weighted by Crippen LogP contribution is 2.23. The third kappa shape index (κ3) is 2.61. The Morgan fingerprint density at radius 3 is 3.20 bits per heavy atom. The number of piperidine rings is 1. The molecule has 20 heavy (non-hydrogen) atoms. The van der Waals surface area contributed by atoms with Crippen LogP contribution in [0.2, 0.25) is 0 Å². The molecule has 1 aliphatic rings. The van der Waals surface area contributed by atoms with E-state index in [1.165, 1.54) is 15.9 Å². The maximum atomic E-state index is 11.9. The molecule has 3 rings (SSSR count). The van der Waals surface area contributed by atoms with Gasteiger partial charge in [0.05, 0.1) is 5.69 Å². The summed E-state index contributed by atoms with van der Waals surface area (Å²) in [5, 5.41) is 3.97. The van der Waals surface area contributed by atoms with Gasteiger partial charge in [-0.15, -0.1) is 0 Å². The number of nitrogens with zero attached hydrogens (tertiary/aromatic N) is 4. The summed E-state index contributed by atoms with van der Waals surface area (Å²) in [6.07, 6.45) is 1.16. The molecule has 0 aliphatic carbocycles. The fraction of sp³-hybridized carbons (Fsp3) is 0.615. The van der Waals surface area contributed by atoms with E-state index >= 15 is 0 Å². The summed E-state index contributed by atoms with van der Waals surface area (Å²) in [4.78, 5) is 19.4. The van der Waals surface area contributed by atoms with Gasteiger partial charge in [-0.2, -0.15) is 9.61 Å². The molecule has 0 bridgehead atoms.